The normalized spacial score (nSPS) is 14.2. The molecule has 13 heteroatoms. The zero-order chi connectivity index (χ0) is 29.0. The maximum Gasteiger partial charge on any atom is 0.255 e. The predicted molar refractivity (Wildman–Crippen MR) is 161 cm³/mol. The summed E-state index contributed by atoms with van der Waals surface area (Å²) in [5.74, 6) is 0.550. The monoisotopic (exact) mass is 575 g/mol. The molecule has 41 heavy (non-hydrogen) atoms. The van der Waals surface area contributed by atoms with Gasteiger partial charge in [0.1, 0.15) is 0 Å². The van der Waals surface area contributed by atoms with E-state index in [2.05, 4.69) is 54.3 Å². The molecular weight excluding hydrogens is 542 g/mol. The second kappa shape index (κ2) is 11.9. The summed E-state index contributed by atoms with van der Waals surface area (Å²) in [6.07, 6.45) is 7.93. The van der Waals surface area contributed by atoms with Crippen molar-refractivity contribution < 1.29 is 13.2 Å². The Morgan fingerprint density at radius 1 is 1.02 bits per heavy atom. The van der Waals surface area contributed by atoms with Gasteiger partial charge in [-0.1, -0.05) is 18.2 Å². The molecule has 0 spiro atoms. The summed E-state index contributed by atoms with van der Waals surface area (Å²) in [4.78, 5) is 25.8. The molecule has 3 N–H and O–H groups in total. The highest BCUT2D eigenvalue weighted by Crippen LogP contribution is 2.33. The highest BCUT2D eigenvalue weighted by atomic mass is 32.2. The second-order valence-corrected chi connectivity index (χ2v) is 11.9. The van der Waals surface area contributed by atoms with E-state index >= 15 is 0 Å². The molecule has 1 fully saturated rings. The van der Waals surface area contributed by atoms with Crippen LogP contribution >= 0.6 is 0 Å². The largest absolute Gasteiger partial charge is 0.370 e. The minimum absolute atomic E-state index is 0.237. The van der Waals surface area contributed by atoms with Gasteiger partial charge in [0.05, 0.1) is 35.7 Å². The first-order chi connectivity index (χ1) is 19.6. The number of rotatable bonds is 9. The summed E-state index contributed by atoms with van der Waals surface area (Å²) in [5.41, 5.74) is 3.00. The molecule has 5 rings (SSSR count). The number of hydrogen-bond acceptors (Lipinski definition) is 9. The Bertz CT molecular complexity index is 1620. The minimum Gasteiger partial charge on any atom is -0.370 e. The van der Waals surface area contributed by atoms with E-state index in [1.165, 1.54) is 4.68 Å². The molecule has 0 radical (unpaired) electrons. The maximum atomic E-state index is 12.5. The molecule has 1 aliphatic heterocycles. The summed E-state index contributed by atoms with van der Waals surface area (Å²) in [6, 6.07) is 16.7. The van der Waals surface area contributed by atoms with E-state index < -0.39 is 10.0 Å². The summed E-state index contributed by atoms with van der Waals surface area (Å²) in [6.45, 7) is 1.66. The predicted octanol–water partition coefficient (Wildman–Crippen LogP) is 3.56. The summed E-state index contributed by atoms with van der Waals surface area (Å²) in [7, 11) is 0.669. The molecule has 12 nitrogen and oxygen atoms in total. The lowest BCUT2D eigenvalue weighted by molar-refractivity contribution is 0.102. The summed E-state index contributed by atoms with van der Waals surface area (Å²) < 4.78 is 28.6. The molecular formula is C28H33N9O3S. The van der Waals surface area contributed by atoms with Crippen molar-refractivity contribution in [1.29, 1.82) is 0 Å². The van der Waals surface area contributed by atoms with Gasteiger partial charge in [-0.05, 0) is 57.3 Å². The minimum atomic E-state index is -3.50. The van der Waals surface area contributed by atoms with E-state index in [4.69, 9.17) is 0 Å². The van der Waals surface area contributed by atoms with Gasteiger partial charge in [0.2, 0.25) is 16.0 Å². The molecule has 214 valence electrons. The number of amides is 1. The Hall–Kier alpha value is -4.49. The van der Waals surface area contributed by atoms with Crippen LogP contribution in [0.15, 0.2) is 73.2 Å². The lowest BCUT2D eigenvalue weighted by atomic mass is 10.0. The number of nitrogens with zero attached hydrogens (tertiary/aromatic N) is 6. The molecule has 0 unspecified atom stereocenters. The Labute approximate surface area is 239 Å². The third-order valence-electron chi connectivity index (χ3n) is 6.84. The molecule has 0 atom stereocenters. The fourth-order valence-corrected chi connectivity index (χ4v) is 5.33. The molecule has 0 bridgehead atoms. The Morgan fingerprint density at radius 3 is 2.49 bits per heavy atom. The van der Waals surface area contributed by atoms with Crippen molar-refractivity contribution in [3.8, 4) is 5.82 Å². The Morgan fingerprint density at radius 2 is 1.78 bits per heavy atom. The molecule has 0 aliphatic carbocycles. The van der Waals surface area contributed by atoms with Gasteiger partial charge in [-0.15, -0.1) is 0 Å². The van der Waals surface area contributed by atoms with Gasteiger partial charge in [-0.3, -0.25) is 9.52 Å². The standard InChI is InChI=1S/C28H33N9O3S/c1-35(2)23-12-15-36(16-13-23)25-10-9-21(17-24(25)34-41(3,39)40)32-28-29-14-11-26(33-28)37-19-22(18-30-37)31-27(38)20-7-5-4-6-8-20/h4-11,14,17-19,23,34H,12-13,15-16H2,1-3H3,(H,31,38)(H,29,32,33). The van der Waals surface area contributed by atoms with E-state index in [1.54, 1.807) is 55.0 Å². The molecule has 0 saturated carbocycles. The van der Waals surface area contributed by atoms with Crippen LogP contribution in [0.25, 0.3) is 5.82 Å². The number of anilines is 5. The van der Waals surface area contributed by atoms with Crippen LogP contribution in [0.1, 0.15) is 23.2 Å². The van der Waals surface area contributed by atoms with Crippen LogP contribution in [0.3, 0.4) is 0 Å². The van der Waals surface area contributed by atoms with E-state index in [-0.39, 0.29) is 5.91 Å². The van der Waals surface area contributed by atoms with Crippen LogP contribution in [0.4, 0.5) is 28.7 Å². The lowest BCUT2D eigenvalue weighted by Crippen LogP contribution is -2.42. The zero-order valence-electron chi connectivity index (χ0n) is 23.2. The average Bonchev–Trinajstić information content (AvgIpc) is 3.41. The molecule has 1 amide bonds. The van der Waals surface area contributed by atoms with Crippen LogP contribution in [0, 0.1) is 0 Å². The van der Waals surface area contributed by atoms with Crippen molar-refractivity contribution in [2.24, 2.45) is 0 Å². The smallest absolute Gasteiger partial charge is 0.255 e. The fourth-order valence-electron chi connectivity index (χ4n) is 4.77. The number of sulfonamides is 1. The SMILES string of the molecule is CN(C)C1CCN(c2ccc(Nc3nccc(-n4cc(NC(=O)c5ccccc5)cn4)n3)cc2NS(C)(=O)=O)CC1. The number of hydrogen-bond donors (Lipinski definition) is 3. The third kappa shape index (κ3) is 7.18. The highest BCUT2D eigenvalue weighted by Gasteiger charge is 2.23. The summed E-state index contributed by atoms with van der Waals surface area (Å²) >= 11 is 0. The van der Waals surface area contributed by atoms with Gasteiger partial charge < -0.3 is 20.4 Å². The van der Waals surface area contributed by atoms with Gasteiger partial charge >= 0.3 is 0 Å². The molecule has 4 aromatic rings. The number of nitrogens with one attached hydrogen (secondary N) is 3. The first kappa shape index (κ1) is 28.1. The molecule has 2 aromatic carbocycles. The third-order valence-corrected chi connectivity index (χ3v) is 7.43. The van der Waals surface area contributed by atoms with Gasteiger partial charge in [0, 0.05) is 42.6 Å². The molecule has 1 saturated heterocycles. The first-order valence-corrected chi connectivity index (χ1v) is 15.1. The van der Waals surface area contributed by atoms with Crippen LogP contribution in [-0.4, -0.2) is 78.5 Å². The maximum absolute atomic E-state index is 12.5. The van der Waals surface area contributed by atoms with E-state index in [9.17, 15) is 13.2 Å². The fraction of sp³-hybridized carbons (Fsp3) is 0.286. The summed E-state index contributed by atoms with van der Waals surface area (Å²) in [5, 5.41) is 10.3. The quantitative estimate of drug-likeness (QED) is 0.274. The van der Waals surface area contributed by atoms with Crippen LogP contribution in [0.2, 0.25) is 0 Å². The van der Waals surface area contributed by atoms with Crippen molar-refractivity contribution >= 4 is 44.6 Å². The van der Waals surface area contributed by atoms with Crippen molar-refractivity contribution in [2.75, 3.05) is 53.7 Å². The Kier molecular flexibility index (Phi) is 8.17. The van der Waals surface area contributed by atoms with Crippen molar-refractivity contribution in [1.82, 2.24) is 24.6 Å². The molecule has 1 aliphatic rings. The van der Waals surface area contributed by atoms with Gasteiger partial charge in [0.25, 0.3) is 5.91 Å². The Balaban J connectivity index is 1.32. The number of carbonyl (C=O) groups excluding carboxylic acids is 1. The van der Waals surface area contributed by atoms with E-state index in [1.807, 2.05) is 18.2 Å². The average molecular weight is 576 g/mol. The van der Waals surface area contributed by atoms with Crippen molar-refractivity contribution in [3.63, 3.8) is 0 Å². The van der Waals surface area contributed by atoms with Gasteiger partial charge in [-0.25, -0.2) is 18.1 Å². The van der Waals surface area contributed by atoms with Crippen LogP contribution in [0.5, 0.6) is 0 Å². The first-order valence-electron chi connectivity index (χ1n) is 13.2. The number of benzene rings is 2. The van der Waals surface area contributed by atoms with Gasteiger partial charge in [-0.2, -0.15) is 10.1 Å². The van der Waals surface area contributed by atoms with Crippen LogP contribution < -0.4 is 20.3 Å². The number of aromatic nitrogens is 4. The van der Waals surface area contributed by atoms with Crippen LogP contribution in [-0.2, 0) is 10.0 Å². The van der Waals surface area contributed by atoms with E-state index in [0.717, 1.165) is 37.9 Å². The number of carbonyl (C=O) groups is 1. The second-order valence-electron chi connectivity index (χ2n) is 10.1. The number of piperidine rings is 1. The van der Waals surface area contributed by atoms with E-state index in [0.29, 0.717) is 40.4 Å². The topological polar surface area (TPSA) is 137 Å². The molecule has 3 heterocycles. The zero-order valence-corrected chi connectivity index (χ0v) is 24.0. The van der Waals surface area contributed by atoms with Crippen molar-refractivity contribution in [3.05, 3.63) is 78.8 Å². The lowest BCUT2D eigenvalue weighted by Gasteiger charge is -2.37. The highest BCUT2D eigenvalue weighted by molar-refractivity contribution is 7.92. The van der Waals surface area contributed by atoms with Gasteiger partial charge in [0.15, 0.2) is 5.82 Å². The molecule has 2 aromatic heterocycles. The van der Waals surface area contributed by atoms with Crippen molar-refractivity contribution in [2.45, 2.75) is 18.9 Å².